The summed E-state index contributed by atoms with van der Waals surface area (Å²) in [6, 6.07) is 0. The van der Waals surface area contributed by atoms with Crippen molar-refractivity contribution in [3.63, 3.8) is 0 Å². The average Bonchev–Trinajstić information content (AvgIpc) is 3.00. The van der Waals surface area contributed by atoms with Gasteiger partial charge in [-0.25, -0.2) is 17.7 Å². The molecule has 0 saturated carbocycles. The smallest absolute Gasteiger partial charge is 1.00 e. The Labute approximate surface area is 150 Å². The molecule has 0 unspecified atom stereocenters. The second kappa shape index (κ2) is 14.8. The van der Waals surface area contributed by atoms with E-state index in [1.807, 2.05) is 12.2 Å². The molecule has 0 amide bonds. The van der Waals surface area contributed by atoms with Gasteiger partial charge < -0.3 is 24.8 Å². The van der Waals surface area contributed by atoms with Crippen LogP contribution in [0, 0.1) is 12.2 Å². The Kier molecular flexibility index (Phi) is 19.1. The first-order chi connectivity index (χ1) is 7.83. The van der Waals surface area contributed by atoms with Crippen molar-refractivity contribution in [2.45, 2.75) is 52.9 Å². The van der Waals surface area contributed by atoms with Crippen molar-refractivity contribution in [2.75, 3.05) is 0 Å². The molecule has 0 nitrogen and oxygen atoms in total. The minimum Gasteiger partial charge on any atom is -1.00 e. The van der Waals surface area contributed by atoms with E-state index in [9.17, 15) is 0 Å². The molecule has 0 bridgehead atoms. The molecule has 0 aromatic heterocycles. The fraction of sp³-hybridized carbons (Fsp3) is 0.500. The van der Waals surface area contributed by atoms with Crippen molar-refractivity contribution in [1.82, 2.24) is 0 Å². The molecular weight excluding hydrogens is 354 g/mol. The summed E-state index contributed by atoms with van der Waals surface area (Å²) in [5.41, 5.74) is 4.68. The van der Waals surface area contributed by atoms with Crippen molar-refractivity contribution in [3.05, 3.63) is 47.1 Å². The second-order valence-corrected chi connectivity index (χ2v) is 3.98. The minimum absolute atomic E-state index is 0. The third kappa shape index (κ3) is 8.33. The van der Waals surface area contributed by atoms with E-state index in [1.54, 1.807) is 11.1 Å². The van der Waals surface area contributed by atoms with Crippen LogP contribution in [0.1, 0.15) is 52.9 Å². The van der Waals surface area contributed by atoms with Crippen LogP contribution >= 0.6 is 0 Å². The van der Waals surface area contributed by atoms with Crippen LogP contribution in [0.25, 0.3) is 0 Å². The van der Waals surface area contributed by atoms with E-state index in [-0.39, 0.29) is 51.0 Å². The summed E-state index contributed by atoms with van der Waals surface area (Å²) in [7, 11) is 0. The maximum absolute atomic E-state index is 3.45. The van der Waals surface area contributed by atoms with Gasteiger partial charge in [0, 0.05) is 0 Å². The van der Waals surface area contributed by atoms with Crippen LogP contribution in [0.15, 0.2) is 34.9 Å². The minimum atomic E-state index is 0. The van der Waals surface area contributed by atoms with Crippen LogP contribution in [-0.4, -0.2) is 0 Å². The standard InChI is InChI=1S/C11H17.C5H5.2ClH.Zr/c1-4-9-7-8-10(5-2)11(9)6-3;1-2-4-5-3-1;;;/h4-7H2,1-3H3;1-3H,4H2;2*1H;/q2*-1;;;+4/p-2. The Bertz CT molecular complexity index is 329. The molecule has 0 atom stereocenters. The molecule has 0 fully saturated rings. The first-order valence-corrected chi connectivity index (χ1v) is 6.36. The summed E-state index contributed by atoms with van der Waals surface area (Å²) in [6.45, 7) is 6.70. The molecule has 0 spiro atoms. The van der Waals surface area contributed by atoms with Gasteiger partial charge >= 0.3 is 26.2 Å². The molecule has 3 heteroatoms. The molecular formula is C16H22Cl2Zr. The number of allylic oxidation sites excluding steroid dienone is 8. The van der Waals surface area contributed by atoms with Crippen molar-refractivity contribution in [1.29, 1.82) is 0 Å². The molecule has 2 rings (SSSR count). The topological polar surface area (TPSA) is 0 Å². The second-order valence-electron chi connectivity index (χ2n) is 3.98. The molecule has 0 heterocycles. The SMILES string of the molecule is CCC1=[C-]CC(CC)=C1CC.[C-]1=CC=CC1.[Cl-].[Cl-].[Zr+4]. The zero-order valence-corrected chi connectivity index (χ0v) is 16.0. The van der Waals surface area contributed by atoms with Gasteiger partial charge in [0.15, 0.2) is 0 Å². The van der Waals surface area contributed by atoms with Crippen LogP contribution in [-0.2, 0) is 26.2 Å². The average molecular weight is 376 g/mol. The quantitative estimate of drug-likeness (QED) is 0.552. The van der Waals surface area contributed by atoms with Gasteiger partial charge in [-0.15, -0.1) is 12.8 Å². The molecule has 0 N–H and O–H groups in total. The maximum Gasteiger partial charge on any atom is 4.00 e. The summed E-state index contributed by atoms with van der Waals surface area (Å²) in [5, 5.41) is 0. The Balaban J connectivity index is -0.000000277. The Hall–Kier alpha value is 0.423. The maximum atomic E-state index is 3.45. The zero-order valence-electron chi connectivity index (χ0n) is 12.0. The fourth-order valence-electron chi connectivity index (χ4n) is 2.12. The zero-order chi connectivity index (χ0) is 11.8. The number of rotatable bonds is 3. The van der Waals surface area contributed by atoms with Gasteiger partial charge in [0.25, 0.3) is 0 Å². The molecule has 104 valence electrons. The van der Waals surface area contributed by atoms with E-state index in [2.05, 4.69) is 39.0 Å². The first kappa shape index (κ1) is 24.4. The van der Waals surface area contributed by atoms with Gasteiger partial charge in [-0.2, -0.15) is 17.2 Å². The number of halogens is 2. The number of hydrogen-bond acceptors (Lipinski definition) is 0. The summed E-state index contributed by atoms with van der Waals surface area (Å²) >= 11 is 0. The molecule has 0 aromatic carbocycles. The van der Waals surface area contributed by atoms with Gasteiger partial charge in [-0.3, -0.25) is 12.2 Å². The largest absolute Gasteiger partial charge is 4.00 e. The van der Waals surface area contributed by atoms with E-state index >= 15 is 0 Å². The van der Waals surface area contributed by atoms with Crippen molar-refractivity contribution < 1.29 is 51.0 Å². The van der Waals surface area contributed by atoms with Crippen LogP contribution in [0.5, 0.6) is 0 Å². The van der Waals surface area contributed by atoms with Crippen molar-refractivity contribution in [3.8, 4) is 0 Å². The van der Waals surface area contributed by atoms with Crippen LogP contribution < -0.4 is 24.8 Å². The summed E-state index contributed by atoms with van der Waals surface area (Å²) in [5.74, 6) is 0. The number of hydrogen-bond donors (Lipinski definition) is 0. The van der Waals surface area contributed by atoms with Gasteiger partial charge in [0.1, 0.15) is 0 Å². The predicted molar refractivity (Wildman–Crippen MR) is 70.8 cm³/mol. The van der Waals surface area contributed by atoms with Crippen molar-refractivity contribution >= 4 is 0 Å². The van der Waals surface area contributed by atoms with Crippen LogP contribution in [0.2, 0.25) is 0 Å². The molecule has 0 saturated heterocycles. The van der Waals surface area contributed by atoms with E-state index in [0.717, 1.165) is 19.3 Å². The van der Waals surface area contributed by atoms with Crippen LogP contribution in [0.3, 0.4) is 0 Å². The Morgan fingerprint density at radius 1 is 1.05 bits per heavy atom. The van der Waals surface area contributed by atoms with Gasteiger partial charge in [0.05, 0.1) is 0 Å². The summed E-state index contributed by atoms with van der Waals surface area (Å²) in [6.07, 6.45) is 18.1. The third-order valence-corrected chi connectivity index (χ3v) is 3.03. The van der Waals surface area contributed by atoms with E-state index < -0.39 is 0 Å². The fourth-order valence-corrected chi connectivity index (χ4v) is 2.12. The third-order valence-electron chi connectivity index (χ3n) is 3.03. The van der Waals surface area contributed by atoms with Gasteiger partial charge in [-0.1, -0.05) is 40.0 Å². The van der Waals surface area contributed by atoms with E-state index in [1.165, 1.54) is 18.4 Å². The van der Waals surface area contributed by atoms with Crippen LogP contribution in [0.4, 0.5) is 0 Å². The summed E-state index contributed by atoms with van der Waals surface area (Å²) in [4.78, 5) is 0. The van der Waals surface area contributed by atoms with Gasteiger partial charge in [-0.05, 0) is 0 Å². The normalized spacial score (nSPS) is 14.8. The van der Waals surface area contributed by atoms with Gasteiger partial charge in [0.2, 0.25) is 0 Å². The monoisotopic (exact) mass is 374 g/mol. The molecule has 2 aliphatic carbocycles. The Morgan fingerprint density at radius 3 is 2.05 bits per heavy atom. The van der Waals surface area contributed by atoms with E-state index in [0.29, 0.717) is 0 Å². The first-order valence-electron chi connectivity index (χ1n) is 6.36. The molecule has 0 radical (unpaired) electrons. The Morgan fingerprint density at radius 2 is 1.74 bits per heavy atom. The van der Waals surface area contributed by atoms with Crippen molar-refractivity contribution in [2.24, 2.45) is 0 Å². The molecule has 0 aromatic rings. The molecule has 0 aliphatic heterocycles. The predicted octanol–water partition coefficient (Wildman–Crippen LogP) is -1.04. The molecule has 2 aliphatic rings. The van der Waals surface area contributed by atoms with E-state index in [4.69, 9.17) is 0 Å². The molecule has 19 heavy (non-hydrogen) atoms. The summed E-state index contributed by atoms with van der Waals surface area (Å²) < 4.78 is 0.